The molecule has 1 heterocycles. The van der Waals surface area contributed by atoms with Crippen molar-refractivity contribution in [3.63, 3.8) is 0 Å². The molecule has 0 aliphatic carbocycles. The zero-order valence-electron chi connectivity index (χ0n) is 11.0. The molecule has 0 radical (unpaired) electrons. The second-order valence-electron chi connectivity index (χ2n) is 4.67. The van der Waals surface area contributed by atoms with Crippen molar-refractivity contribution < 1.29 is 9.18 Å². The van der Waals surface area contributed by atoms with Crippen molar-refractivity contribution in [1.82, 2.24) is 9.80 Å². The molecule has 5 nitrogen and oxygen atoms in total. The molecule has 2 amide bonds. The molecule has 2 rings (SSSR count). The van der Waals surface area contributed by atoms with Crippen molar-refractivity contribution in [3.05, 3.63) is 30.1 Å². The van der Waals surface area contributed by atoms with E-state index in [1.807, 2.05) is 0 Å². The van der Waals surface area contributed by atoms with E-state index < -0.39 is 0 Å². The summed E-state index contributed by atoms with van der Waals surface area (Å²) in [5.41, 5.74) is 5.95. The number of thiocarbonyl (C=S) groups is 1. The van der Waals surface area contributed by atoms with Gasteiger partial charge in [0.15, 0.2) is 0 Å². The number of anilines is 1. The van der Waals surface area contributed by atoms with Crippen LogP contribution >= 0.6 is 12.2 Å². The predicted octanol–water partition coefficient (Wildman–Crippen LogP) is 1.26. The average Bonchev–Trinajstić information content (AvgIpc) is 2.38. The number of carbonyl (C=O) groups excluding carboxylic acids is 1. The summed E-state index contributed by atoms with van der Waals surface area (Å²) in [5, 5.41) is 2.69. The van der Waals surface area contributed by atoms with E-state index in [0.717, 1.165) is 13.1 Å². The highest BCUT2D eigenvalue weighted by Gasteiger charge is 2.21. The van der Waals surface area contributed by atoms with Crippen LogP contribution in [0.15, 0.2) is 24.3 Å². The second-order valence-corrected chi connectivity index (χ2v) is 5.19. The summed E-state index contributed by atoms with van der Waals surface area (Å²) >= 11 is 4.86. The van der Waals surface area contributed by atoms with Crippen LogP contribution < -0.4 is 11.1 Å². The molecule has 1 fully saturated rings. The minimum Gasteiger partial charge on any atom is -0.392 e. The number of piperazine rings is 1. The fourth-order valence-corrected chi connectivity index (χ4v) is 2.28. The van der Waals surface area contributed by atoms with Gasteiger partial charge in [0.05, 0.1) is 4.99 Å². The number of nitrogens with zero attached hydrogens (tertiary/aromatic N) is 2. The van der Waals surface area contributed by atoms with Crippen LogP contribution in [0, 0.1) is 5.82 Å². The van der Waals surface area contributed by atoms with Crippen molar-refractivity contribution in [3.8, 4) is 0 Å². The lowest BCUT2D eigenvalue weighted by molar-refractivity contribution is 0.158. The third-order valence-corrected chi connectivity index (χ3v) is 3.24. The van der Waals surface area contributed by atoms with E-state index >= 15 is 0 Å². The van der Waals surface area contributed by atoms with E-state index in [-0.39, 0.29) is 11.8 Å². The molecule has 0 aromatic heterocycles. The van der Waals surface area contributed by atoms with Gasteiger partial charge in [-0.05, 0) is 18.2 Å². The fourth-order valence-electron chi connectivity index (χ4n) is 2.10. The normalized spacial score (nSPS) is 15.9. The molecule has 0 spiro atoms. The number of urea groups is 1. The van der Waals surface area contributed by atoms with Crippen LogP contribution in [-0.4, -0.2) is 53.5 Å². The minimum atomic E-state index is -0.371. The van der Waals surface area contributed by atoms with Crippen LogP contribution in [-0.2, 0) is 0 Å². The van der Waals surface area contributed by atoms with E-state index in [1.54, 1.807) is 17.0 Å². The summed E-state index contributed by atoms with van der Waals surface area (Å²) < 4.78 is 13.0. The molecule has 0 bridgehead atoms. The highest BCUT2D eigenvalue weighted by Crippen LogP contribution is 2.11. The summed E-state index contributed by atoms with van der Waals surface area (Å²) in [6.07, 6.45) is 0. The molecule has 7 heteroatoms. The number of nitrogens with one attached hydrogen (secondary N) is 1. The van der Waals surface area contributed by atoms with Gasteiger partial charge in [-0.2, -0.15) is 0 Å². The number of hydrogen-bond donors (Lipinski definition) is 2. The molecule has 1 aliphatic rings. The Labute approximate surface area is 122 Å². The molecule has 20 heavy (non-hydrogen) atoms. The maximum atomic E-state index is 13.0. The Morgan fingerprint density at radius 2 is 2.05 bits per heavy atom. The molecule has 0 atom stereocenters. The van der Waals surface area contributed by atoms with E-state index in [0.29, 0.717) is 30.3 Å². The Morgan fingerprint density at radius 3 is 2.65 bits per heavy atom. The Balaban J connectivity index is 1.84. The van der Waals surface area contributed by atoms with Gasteiger partial charge in [0.2, 0.25) is 0 Å². The first-order chi connectivity index (χ1) is 9.54. The topological polar surface area (TPSA) is 61.6 Å². The van der Waals surface area contributed by atoms with Crippen molar-refractivity contribution in [2.45, 2.75) is 0 Å². The minimum absolute atomic E-state index is 0.217. The number of halogens is 1. The third kappa shape index (κ3) is 4.14. The van der Waals surface area contributed by atoms with Crippen molar-refractivity contribution in [2.24, 2.45) is 5.73 Å². The summed E-state index contributed by atoms with van der Waals surface area (Å²) in [6, 6.07) is 5.63. The van der Waals surface area contributed by atoms with Crippen LogP contribution in [0.5, 0.6) is 0 Å². The molecule has 1 aromatic rings. The van der Waals surface area contributed by atoms with Gasteiger partial charge in [-0.1, -0.05) is 18.3 Å². The third-order valence-electron chi connectivity index (χ3n) is 3.11. The monoisotopic (exact) mass is 296 g/mol. The Hall–Kier alpha value is -1.73. The first kappa shape index (κ1) is 14.7. The Morgan fingerprint density at radius 1 is 1.35 bits per heavy atom. The Kier molecular flexibility index (Phi) is 4.86. The van der Waals surface area contributed by atoms with Crippen LogP contribution in [0.2, 0.25) is 0 Å². The SMILES string of the molecule is NC(=S)CN1CCN(C(=O)Nc2cccc(F)c2)CC1. The van der Waals surface area contributed by atoms with Gasteiger partial charge in [0.25, 0.3) is 0 Å². The van der Waals surface area contributed by atoms with Gasteiger partial charge in [0.1, 0.15) is 5.82 Å². The molecule has 1 aliphatic heterocycles. The summed E-state index contributed by atoms with van der Waals surface area (Å²) in [6.45, 7) is 3.24. The van der Waals surface area contributed by atoms with Gasteiger partial charge < -0.3 is 16.0 Å². The first-order valence-corrected chi connectivity index (χ1v) is 6.77. The molecular weight excluding hydrogens is 279 g/mol. The molecule has 1 aromatic carbocycles. The van der Waals surface area contributed by atoms with E-state index in [4.69, 9.17) is 18.0 Å². The van der Waals surface area contributed by atoms with Crippen molar-refractivity contribution in [1.29, 1.82) is 0 Å². The molecule has 108 valence electrons. The summed E-state index contributed by atoms with van der Waals surface area (Å²) in [4.78, 5) is 16.3. The summed E-state index contributed by atoms with van der Waals surface area (Å²) in [5.74, 6) is -0.371. The number of nitrogens with two attached hydrogens (primary N) is 1. The lowest BCUT2D eigenvalue weighted by Gasteiger charge is -2.34. The van der Waals surface area contributed by atoms with Gasteiger partial charge in [-0.15, -0.1) is 0 Å². The second kappa shape index (κ2) is 6.62. The smallest absolute Gasteiger partial charge is 0.321 e. The molecule has 3 N–H and O–H groups in total. The quantitative estimate of drug-likeness (QED) is 0.825. The molecular formula is C13H17FN4OS. The number of amides is 2. The Bertz CT molecular complexity index is 503. The van der Waals surface area contributed by atoms with Crippen LogP contribution in [0.3, 0.4) is 0 Å². The number of carbonyl (C=O) groups is 1. The first-order valence-electron chi connectivity index (χ1n) is 6.37. The van der Waals surface area contributed by atoms with E-state index in [2.05, 4.69) is 10.2 Å². The van der Waals surface area contributed by atoms with E-state index in [1.165, 1.54) is 12.1 Å². The predicted molar refractivity (Wildman–Crippen MR) is 80.2 cm³/mol. The molecule has 0 unspecified atom stereocenters. The lowest BCUT2D eigenvalue weighted by atomic mass is 10.3. The standard InChI is InChI=1S/C13H17FN4OS/c14-10-2-1-3-11(8-10)16-13(19)18-6-4-17(5-7-18)9-12(15)20/h1-3,8H,4-7,9H2,(H2,15,20)(H,16,19). The maximum absolute atomic E-state index is 13.0. The van der Waals surface area contributed by atoms with Gasteiger partial charge in [-0.3, -0.25) is 4.90 Å². The lowest BCUT2D eigenvalue weighted by Crippen LogP contribution is -2.51. The maximum Gasteiger partial charge on any atom is 0.321 e. The largest absolute Gasteiger partial charge is 0.392 e. The van der Waals surface area contributed by atoms with E-state index in [9.17, 15) is 9.18 Å². The van der Waals surface area contributed by atoms with Crippen molar-refractivity contribution >= 4 is 28.9 Å². The van der Waals surface area contributed by atoms with Crippen LogP contribution in [0.1, 0.15) is 0 Å². The average molecular weight is 296 g/mol. The van der Waals surface area contributed by atoms with Crippen LogP contribution in [0.4, 0.5) is 14.9 Å². The van der Waals surface area contributed by atoms with Crippen LogP contribution in [0.25, 0.3) is 0 Å². The van der Waals surface area contributed by atoms with Crippen molar-refractivity contribution in [2.75, 3.05) is 38.0 Å². The highest BCUT2D eigenvalue weighted by atomic mass is 32.1. The van der Waals surface area contributed by atoms with Gasteiger partial charge >= 0.3 is 6.03 Å². The highest BCUT2D eigenvalue weighted by molar-refractivity contribution is 7.80. The molecule has 1 saturated heterocycles. The zero-order valence-corrected chi connectivity index (χ0v) is 11.8. The zero-order chi connectivity index (χ0) is 14.5. The number of rotatable bonds is 3. The molecule has 0 saturated carbocycles. The van der Waals surface area contributed by atoms with Gasteiger partial charge in [-0.25, -0.2) is 9.18 Å². The number of hydrogen-bond acceptors (Lipinski definition) is 3. The van der Waals surface area contributed by atoms with Gasteiger partial charge in [0, 0.05) is 38.4 Å². The number of benzene rings is 1. The fraction of sp³-hybridized carbons (Fsp3) is 0.385. The summed E-state index contributed by atoms with van der Waals surface area (Å²) in [7, 11) is 0.